The van der Waals surface area contributed by atoms with Crippen LogP contribution in [-0.4, -0.2) is 6.03 Å². The topological polar surface area (TPSA) is 88.7 Å². The molecule has 0 saturated heterocycles. The molecule has 2 rings (SSSR count). The summed E-state index contributed by atoms with van der Waals surface area (Å²) in [5.41, 5.74) is 2.90. The molecule has 0 aliphatic carbocycles. The van der Waals surface area contributed by atoms with Crippen LogP contribution in [0.25, 0.3) is 0 Å². The predicted molar refractivity (Wildman–Crippen MR) is 79.7 cm³/mol. The van der Waals surface area contributed by atoms with Crippen LogP contribution in [0, 0.1) is 29.6 Å². The van der Waals surface area contributed by atoms with Crippen LogP contribution in [0.15, 0.2) is 42.5 Å². The molecule has 0 radical (unpaired) electrons. The number of nitrogens with one attached hydrogen (secondary N) is 2. The van der Waals surface area contributed by atoms with Crippen LogP contribution in [-0.2, 0) is 0 Å². The van der Waals surface area contributed by atoms with E-state index >= 15 is 0 Å². The van der Waals surface area contributed by atoms with E-state index in [2.05, 4.69) is 10.6 Å². The first kappa shape index (κ1) is 14.1. The Morgan fingerprint density at radius 3 is 2.43 bits per heavy atom. The van der Waals surface area contributed by atoms with Crippen LogP contribution in [0.2, 0.25) is 0 Å². The van der Waals surface area contributed by atoms with Crippen LogP contribution in [0.4, 0.5) is 16.2 Å². The number of anilines is 2. The van der Waals surface area contributed by atoms with Gasteiger partial charge in [0, 0.05) is 11.4 Å². The van der Waals surface area contributed by atoms with Crippen molar-refractivity contribution >= 4 is 17.4 Å². The Labute approximate surface area is 122 Å². The highest BCUT2D eigenvalue weighted by Crippen LogP contribution is 2.17. The van der Waals surface area contributed by atoms with Gasteiger partial charge < -0.3 is 10.6 Å². The smallest absolute Gasteiger partial charge is 0.308 e. The lowest BCUT2D eigenvalue weighted by atomic mass is 10.1. The summed E-state index contributed by atoms with van der Waals surface area (Å²) in [6, 6.07) is 15.3. The average molecular weight is 276 g/mol. The van der Waals surface area contributed by atoms with E-state index in [0.717, 1.165) is 5.56 Å². The van der Waals surface area contributed by atoms with Crippen LogP contribution in [0.1, 0.15) is 16.7 Å². The van der Waals surface area contributed by atoms with Crippen LogP contribution in [0.5, 0.6) is 0 Å². The molecule has 0 heterocycles. The fourth-order valence-corrected chi connectivity index (χ4v) is 1.78. The summed E-state index contributed by atoms with van der Waals surface area (Å²) in [4.78, 5) is 11.9. The summed E-state index contributed by atoms with van der Waals surface area (Å²) >= 11 is 0. The van der Waals surface area contributed by atoms with Crippen molar-refractivity contribution in [3.63, 3.8) is 0 Å². The van der Waals surface area contributed by atoms with Crippen molar-refractivity contribution in [1.29, 1.82) is 10.5 Å². The summed E-state index contributed by atoms with van der Waals surface area (Å²) in [6.07, 6.45) is 0. The Balaban J connectivity index is 2.12. The number of hydrogen-bond acceptors (Lipinski definition) is 3. The summed E-state index contributed by atoms with van der Waals surface area (Å²) in [5.74, 6) is 0. The zero-order chi connectivity index (χ0) is 15.2. The van der Waals surface area contributed by atoms with Gasteiger partial charge in [0.25, 0.3) is 0 Å². The van der Waals surface area contributed by atoms with Crippen molar-refractivity contribution < 1.29 is 4.79 Å². The van der Waals surface area contributed by atoms with Gasteiger partial charge in [-0.1, -0.05) is 12.1 Å². The first-order valence-corrected chi connectivity index (χ1v) is 6.21. The summed E-state index contributed by atoms with van der Waals surface area (Å²) in [7, 11) is 0. The van der Waals surface area contributed by atoms with Crippen LogP contribution >= 0.6 is 0 Å². The third-order valence-corrected chi connectivity index (χ3v) is 2.86. The number of nitrogens with zero attached hydrogens (tertiary/aromatic N) is 2. The second-order valence-corrected chi connectivity index (χ2v) is 4.41. The van der Waals surface area contributed by atoms with Gasteiger partial charge in [-0.3, -0.25) is 0 Å². The molecule has 21 heavy (non-hydrogen) atoms. The SMILES string of the molecule is Cc1ccc(C#N)cc1NC(=O)Nc1cccc(C#N)c1. The van der Waals surface area contributed by atoms with Crippen molar-refractivity contribution in [3.05, 3.63) is 59.2 Å². The molecule has 0 fully saturated rings. The highest BCUT2D eigenvalue weighted by atomic mass is 16.2. The Morgan fingerprint density at radius 2 is 1.71 bits per heavy atom. The van der Waals surface area contributed by atoms with Gasteiger partial charge in [-0.05, 0) is 42.8 Å². The molecule has 102 valence electrons. The molecule has 5 nitrogen and oxygen atoms in total. The lowest BCUT2D eigenvalue weighted by Gasteiger charge is -2.10. The highest BCUT2D eigenvalue weighted by molar-refractivity contribution is 6.00. The van der Waals surface area contributed by atoms with E-state index in [4.69, 9.17) is 10.5 Å². The minimum absolute atomic E-state index is 0.428. The number of benzene rings is 2. The van der Waals surface area contributed by atoms with E-state index in [1.807, 2.05) is 19.1 Å². The van der Waals surface area contributed by atoms with Crippen molar-refractivity contribution in [2.24, 2.45) is 0 Å². The van der Waals surface area contributed by atoms with E-state index in [1.54, 1.807) is 42.5 Å². The first-order chi connectivity index (χ1) is 10.1. The molecule has 2 amide bonds. The molecule has 0 spiro atoms. The Morgan fingerprint density at radius 1 is 1.00 bits per heavy atom. The van der Waals surface area contributed by atoms with Gasteiger partial charge >= 0.3 is 6.03 Å². The molecule has 0 bridgehead atoms. The average Bonchev–Trinajstić information content (AvgIpc) is 2.49. The maximum absolute atomic E-state index is 11.9. The number of rotatable bonds is 2. The Kier molecular flexibility index (Phi) is 4.18. The maximum Gasteiger partial charge on any atom is 0.323 e. The predicted octanol–water partition coefficient (Wildman–Crippen LogP) is 3.38. The molecule has 5 heteroatoms. The lowest BCUT2D eigenvalue weighted by Crippen LogP contribution is -2.20. The number of urea groups is 1. The summed E-state index contributed by atoms with van der Waals surface area (Å²) in [6.45, 7) is 1.84. The van der Waals surface area contributed by atoms with Crippen molar-refractivity contribution in [2.75, 3.05) is 10.6 Å². The molecule has 0 aliphatic heterocycles. The molecular formula is C16H12N4O. The number of carbonyl (C=O) groups is 1. The third kappa shape index (κ3) is 3.59. The van der Waals surface area contributed by atoms with Gasteiger partial charge in [0.15, 0.2) is 0 Å². The lowest BCUT2D eigenvalue weighted by molar-refractivity contribution is 0.262. The van der Waals surface area contributed by atoms with Gasteiger partial charge in [-0.25, -0.2) is 4.79 Å². The molecular weight excluding hydrogens is 264 g/mol. The minimum Gasteiger partial charge on any atom is -0.308 e. The summed E-state index contributed by atoms with van der Waals surface area (Å²) < 4.78 is 0. The molecule has 2 N–H and O–H groups in total. The molecule has 0 aliphatic rings. The molecule has 0 aromatic heterocycles. The largest absolute Gasteiger partial charge is 0.323 e. The van der Waals surface area contributed by atoms with Crippen LogP contribution < -0.4 is 10.6 Å². The van der Waals surface area contributed by atoms with Gasteiger partial charge in [0.2, 0.25) is 0 Å². The Bertz CT molecular complexity index is 769. The molecule has 2 aromatic rings. The fourth-order valence-electron chi connectivity index (χ4n) is 1.78. The monoisotopic (exact) mass is 276 g/mol. The maximum atomic E-state index is 11.9. The van der Waals surface area contributed by atoms with Crippen LogP contribution in [0.3, 0.4) is 0 Å². The third-order valence-electron chi connectivity index (χ3n) is 2.86. The first-order valence-electron chi connectivity index (χ1n) is 6.21. The molecule has 2 aromatic carbocycles. The van der Waals surface area contributed by atoms with E-state index < -0.39 is 6.03 Å². The van der Waals surface area contributed by atoms with Crippen molar-refractivity contribution in [1.82, 2.24) is 0 Å². The molecule has 0 atom stereocenters. The van der Waals surface area contributed by atoms with E-state index in [0.29, 0.717) is 22.5 Å². The normalized spacial score (nSPS) is 9.29. The van der Waals surface area contributed by atoms with Gasteiger partial charge in [0.1, 0.15) is 0 Å². The second kappa shape index (κ2) is 6.23. The van der Waals surface area contributed by atoms with E-state index in [1.165, 1.54) is 0 Å². The van der Waals surface area contributed by atoms with Gasteiger partial charge in [-0.2, -0.15) is 10.5 Å². The van der Waals surface area contributed by atoms with E-state index in [9.17, 15) is 4.79 Å². The number of nitriles is 2. The van der Waals surface area contributed by atoms with E-state index in [-0.39, 0.29) is 0 Å². The molecule has 0 unspecified atom stereocenters. The van der Waals surface area contributed by atoms with Crippen molar-refractivity contribution in [3.8, 4) is 12.1 Å². The van der Waals surface area contributed by atoms with Gasteiger partial charge in [-0.15, -0.1) is 0 Å². The second-order valence-electron chi connectivity index (χ2n) is 4.41. The highest BCUT2D eigenvalue weighted by Gasteiger charge is 2.06. The zero-order valence-corrected chi connectivity index (χ0v) is 11.3. The van der Waals surface area contributed by atoms with Crippen molar-refractivity contribution in [2.45, 2.75) is 6.92 Å². The number of amides is 2. The van der Waals surface area contributed by atoms with Gasteiger partial charge in [0.05, 0.1) is 23.3 Å². The number of carbonyl (C=O) groups excluding carboxylic acids is 1. The standard InChI is InChI=1S/C16H12N4O/c1-11-5-6-13(10-18)8-15(11)20-16(21)19-14-4-2-3-12(7-14)9-17/h2-8H,1H3,(H2,19,20,21). The quantitative estimate of drug-likeness (QED) is 0.881. The zero-order valence-electron chi connectivity index (χ0n) is 11.3. The number of aryl methyl sites for hydroxylation is 1. The molecule has 0 saturated carbocycles. The Hall–Kier alpha value is -3.31. The fraction of sp³-hybridized carbons (Fsp3) is 0.0625. The minimum atomic E-state index is -0.428. The number of hydrogen-bond donors (Lipinski definition) is 2. The summed E-state index contributed by atoms with van der Waals surface area (Å²) in [5, 5.41) is 23.0.